The number of alkyl halides is 3. The minimum Gasteiger partial charge on any atom is -0.504 e. The van der Waals surface area contributed by atoms with E-state index in [9.17, 15) is 32.3 Å². The molecule has 4 nitrogen and oxygen atoms in total. The zero-order valence-corrected chi connectivity index (χ0v) is 14.9. The second-order valence-electron chi connectivity index (χ2n) is 5.87. The Morgan fingerprint density at radius 1 is 1.23 bits per heavy atom. The normalized spacial score (nSPS) is 17.0. The molecule has 1 aliphatic rings. The van der Waals surface area contributed by atoms with E-state index in [2.05, 4.69) is 0 Å². The molecule has 1 heterocycles. The van der Waals surface area contributed by atoms with Gasteiger partial charge in [-0.25, -0.2) is 4.39 Å². The predicted molar refractivity (Wildman–Crippen MR) is 89.8 cm³/mol. The lowest BCUT2D eigenvalue weighted by Crippen LogP contribution is -2.33. The first-order valence-electron chi connectivity index (χ1n) is 7.93. The maximum absolute atomic E-state index is 13.6. The minimum atomic E-state index is -4.95. The van der Waals surface area contributed by atoms with Crippen molar-refractivity contribution < 1.29 is 32.3 Å². The fraction of sp³-hybridized carbons (Fsp3) is 0.412. The van der Waals surface area contributed by atoms with E-state index < -0.39 is 34.5 Å². The van der Waals surface area contributed by atoms with E-state index in [-0.39, 0.29) is 22.9 Å². The molecule has 2 amide bonds. The summed E-state index contributed by atoms with van der Waals surface area (Å²) in [4.78, 5) is 25.4. The van der Waals surface area contributed by atoms with E-state index in [0.717, 1.165) is 23.8 Å². The molecule has 1 aromatic rings. The molecular formula is C17H17F4NO3S. The molecule has 26 heavy (non-hydrogen) atoms. The van der Waals surface area contributed by atoms with Crippen LogP contribution in [0, 0.1) is 11.7 Å². The summed E-state index contributed by atoms with van der Waals surface area (Å²) >= 11 is 0.595. The number of rotatable bonds is 5. The SMILES string of the molecule is CCC(CC)CN1C(=O)S/C(=C\c2cc(F)c(O)c(C(F)(F)F)c2)C1=O. The monoisotopic (exact) mass is 391 g/mol. The molecule has 0 atom stereocenters. The minimum absolute atomic E-state index is 0.0841. The summed E-state index contributed by atoms with van der Waals surface area (Å²) in [6.45, 7) is 4.09. The average molecular weight is 391 g/mol. The maximum Gasteiger partial charge on any atom is 0.420 e. The number of benzene rings is 1. The van der Waals surface area contributed by atoms with Gasteiger partial charge in [0.2, 0.25) is 0 Å². The van der Waals surface area contributed by atoms with Crippen molar-refractivity contribution in [3.8, 4) is 5.75 Å². The lowest BCUT2D eigenvalue weighted by molar-refractivity contribution is -0.139. The molecule has 0 unspecified atom stereocenters. The number of phenolic OH excluding ortho intramolecular Hbond substituents is 1. The van der Waals surface area contributed by atoms with Gasteiger partial charge in [0.1, 0.15) is 5.56 Å². The van der Waals surface area contributed by atoms with Crippen LogP contribution in [0.3, 0.4) is 0 Å². The van der Waals surface area contributed by atoms with Crippen molar-refractivity contribution in [2.75, 3.05) is 6.54 Å². The number of carbonyl (C=O) groups is 2. The Kier molecular flexibility index (Phi) is 6.00. The number of aromatic hydroxyl groups is 1. The van der Waals surface area contributed by atoms with E-state index in [0.29, 0.717) is 23.9 Å². The molecule has 1 N–H and O–H groups in total. The molecule has 9 heteroatoms. The van der Waals surface area contributed by atoms with Crippen LogP contribution < -0.4 is 0 Å². The van der Waals surface area contributed by atoms with Crippen LogP contribution in [0.4, 0.5) is 22.4 Å². The van der Waals surface area contributed by atoms with E-state index >= 15 is 0 Å². The Morgan fingerprint density at radius 3 is 2.38 bits per heavy atom. The van der Waals surface area contributed by atoms with E-state index in [1.54, 1.807) is 0 Å². The molecule has 1 fully saturated rings. The van der Waals surface area contributed by atoms with Crippen molar-refractivity contribution in [3.63, 3.8) is 0 Å². The van der Waals surface area contributed by atoms with Gasteiger partial charge >= 0.3 is 6.18 Å². The third kappa shape index (κ3) is 4.20. The van der Waals surface area contributed by atoms with Crippen LogP contribution in [-0.4, -0.2) is 27.7 Å². The van der Waals surface area contributed by atoms with Gasteiger partial charge in [0, 0.05) is 6.54 Å². The fourth-order valence-electron chi connectivity index (χ4n) is 2.53. The van der Waals surface area contributed by atoms with Gasteiger partial charge < -0.3 is 5.11 Å². The van der Waals surface area contributed by atoms with Crippen LogP contribution in [0.1, 0.15) is 37.8 Å². The largest absolute Gasteiger partial charge is 0.504 e. The smallest absolute Gasteiger partial charge is 0.420 e. The summed E-state index contributed by atoms with van der Waals surface area (Å²) in [7, 11) is 0. The highest BCUT2D eigenvalue weighted by atomic mass is 32.2. The Hall–Kier alpha value is -2.03. The van der Waals surface area contributed by atoms with Crippen molar-refractivity contribution in [1.82, 2.24) is 4.90 Å². The topological polar surface area (TPSA) is 57.6 Å². The van der Waals surface area contributed by atoms with Gasteiger partial charge in [-0.2, -0.15) is 13.2 Å². The quantitative estimate of drug-likeness (QED) is 0.565. The molecule has 1 saturated heterocycles. The van der Waals surface area contributed by atoms with E-state index in [4.69, 9.17) is 0 Å². The molecule has 0 aromatic heterocycles. The summed E-state index contributed by atoms with van der Waals surface area (Å²) < 4.78 is 52.2. The number of carbonyl (C=O) groups excluding carboxylic acids is 2. The number of nitrogens with zero attached hydrogens (tertiary/aromatic N) is 1. The number of halogens is 4. The zero-order valence-electron chi connectivity index (χ0n) is 14.1. The third-order valence-corrected chi connectivity index (χ3v) is 5.07. The number of hydrogen-bond donors (Lipinski definition) is 1. The van der Waals surface area contributed by atoms with Gasteiger partial charge in [0.15, 0.2) is 11.6 Å². The van der Waals surface area contributed by atoms with Crippen molar-refractivity contribution >= 4 is 29.0 Å². The number of hydrogen-bond acceptors (Lipinski definition) is 4. The Labute approximate surface area is 151 Å². The fourth-order valence-corrected chi connectivity index (χ4v) is 3.38. The first-order valence-corrected chi connectivity index (χ1v) is 8.75. The number of thioether (sulfide) groups is 1. The number of amides is 2. The maximum atomic E-state index is 13.6. The van der Waals surface area contributed by atoms with Gasteiger partial charge in [-0.3, -0.25) is 14.5 Å². The first kappa shape index (κ1) is 20.3. The van der Waals surface area contributed by atoms with Crippen molar-refractivity contribution in [2.24, 2.45) is 5.92 Å². The van der Waals surface area contributed by atoms with Crippen molar-refractivity contribution in [2.45, 2.75) is 32.9 Å². The van der Waals surface area contributed by atoms with Crippen molar-refractivity contribution in [3.05, 3.63) is 34.0 Å². The Morgan fingerprint density at radius 2 is 1.85 bits per heavy atom. The number of phenols is 1. The highest BCUT2D eigenvalue weighted by Gasteiger charge is 2.37. The lowest BCUT2D eigenvalue weighted by atomic mass is 10.0. The molecule has 0 saturated carbocycles. The molecule has 2 rings (SSSR count). The van der Waals surface area contributed by atoms with Crippen LogP contribution >= 0.6 is 11.8 Å². The second kappa shape index (κ2) is 7.69. The molecular weight excluding hydrogens is 374 g/mol. The second-order valence-corrected chi connectivity index (χ2v) is 6.86. The van der Waals surface area contributed by atoms with Crippen molar-refractivity contribution in [1.29, 1.82) is 0 Å². The van der Waals surface area contributed by atoms with Crippen LogP contribution in [0.15, 0.2) is 17.0 Å². The molecule has 0 aliphatic carbocycles. The predicted octanol–water partition coefficient (Wildman–Crippen LogP) is 5.02. The average Bonchev–Trinajstić information content (AvgIpc) is 2.81. The molecule has 1 aliphatic heterocycles. The highest BCUT2D eigenvalue weighted by Crippen LogP contribution is 2.39. The van der Waals surface area contributed by atoms with Gasteiger partial charge in [-0.15, -0.1) is 0 Å². The van der Waals surface area contributed by atoms with E-state index in [1.807, 2.05) is 13.8 Å². The van der Waals surface area contributed by atoms with Gasteiger partial charge in [-0.05, 0) is 41.5 Å². The van der Waals surface area contributed by atoms with Crippen LogP contribution in [-0.2, 0) is 11.0 Å². The summed E-state index contributed by atoms with van der Waals surface area (Å²) in [5.74, 6) is -3.45. The van der Waals surface area contributed by atoms with Gasteiger partial charge in [-0.1, -0.05) is 26.7 Å². The van der Waals surface area contributed by atoms with E-state index in [1.165, 1.54) is 0 Å². The summed E-state index contributed by atoms with van der Waals surface area (Å²) in [6, 6.07) is 1.21. The number of imide groups is 1. The molecule has 0 radical (unpaired) electrons. The van der Waals surface area contributed by atoms with Gasteiger partial charge in [0.25, 0.3) is 11.1 Å². The van der Waals surface area contributed by atoms with Gasteiger partial charge in [0.05, 0.1) is 4.91 Å². The lowest BCUT2D eigenvalue weighted by Gasteiger charge is -2.19. The van der Waals surface area contributed by atoms with Crippen LogP contribution in [0.2, 0.25) is 0 Å². The summed E-state index contributed by atoms with van der Waals surface area (Å²) in [6.07, 6.45) is -2.38. The molecule has 0 spiro atoms. The van der Waals surface area contributed by atoms with Crippen LogP contribution in [0.5, 0.6) is 5.75 Å². The Bertz CT molecular complexity index is 757. The molecule has 142 valence electrons. The summed E-state index contributed by atoms with van der Waals surface area (Å²) in [5, 5.41) is 8.75. The molecule has 0 bridgehead atoms. The molecule has 1 aromatic carbocycles. The highest BCUT2D eigenvalue weighted by molar-refractivity contribution is 8.18. The first-order chi connectivity index (χ1) is 12.1. The standard InChI is InChI=1S/C17H17F4NO3S/c1-3-9(4-2)8-22-15(24)13(26-16(22)25)7-10-5-11(17(19,20)21)14(23)12(18)6-10/h5-7,9,23H,3-4,8H2,1-2H3/b13-7-. The third-order valence-electron chi connectivity index (χ3n) is 4.16. The Balaban J connectivity index is 2.35. The summed E-state index contributed by atoms with van der Waals surface area (Å²) in [5.41, 5.74) is -1.80. The van der Waals surface area contributed by atoms with Crippen LogP contribution in [0.25, 0.3) is 6.08 Å². The zero-order chi connectivity index (χ0) is 19.6.